The molecule has 0 aliphatic rings. The molecule has 7 heteroatoms. The summed E-state index contributed by atoms with van der Waals surface area (Å²) in [5.41, 5.74) is 7.12. The van der Waals surface area contributed by atoms with Gasteiger partial charge >= 0.3 is 0 Å². The number of nitrogens with zero attached hydrogens (tertiary/aromatic N) is 1. The van der Waals surface area contributed by atoms with Gasteiger partial charge in [-0.3, -0.25) is 4.79 Å². The van der Waals surface area contributed by atoms with E-state index in [-0.39, 0.29) is 6.61 Å². The molecule has 2 aromatic carbocycles. The van der Waals surface area contributed by atoms with Crippen molar-refractivity contribution in [3.63, 3.8) is 0 Å². The first kappa shape index (κ1) is 19.1. The molecule has 0 aliphatic carbocycles. The van der Waals surface area contributed by atoms with Crippen molar-refractivity contribution in [2.45, 2.75) is 0 Å². The van der Waals surface area contributed by atoms with Crippen molar-refractivity contribution in [3.05, 3.63) is 56.1 Å². The van der Waals surface area contributed by atoms with E-state index in [1.807, 2.05) is 6.07 Å². The lowest BCUT2D eigenvalue weighted by atomic mass is 10.0. The van der Waals surface area contributed by atoms with Crippen LogP contribution in [0.25, 0.3) is 11.6 Å². The SMILES string of the molecule is COc1cc(/C=C(\C#N)c2ccc(Cl)cc2)cc(I)c1OCC(N)=O. The van der Waals surface area contributed by atoms with E-state index in [1.54, 1.807) is 36.4 Å². The normalized spacial score (nSPS) is 10.9. The van der Waals surface area contributed by atoms with Gasteiger partial charge in [-0.2, -0.15) is 5.26 Å². The van der Waals surface area contributed by atoms with Crippen molar-refractivity contribution in [1.29, 1.82) is 5.26 Å². The van der Waals surface area contributed by atoms with Crippen molar-refractivity contribution in [1.82, 2.24) is 0 Å². The lowest BCUT2D eigenvalue weighted by Crippen LogP contribution is -2.20. The van der Waals surface area contributed by atoms with Crippen LogP contribution in [0.4, 0.5) is 0 Å². The Morgan fingerprint density at radius 1 is 1.36 bits per heavy atom. The van der Waals surface area contributed by atoms with E-state index in [0.717, 1.165) is 14.7 Å². The second kappa shape index (κ2) is 8.74. The van der Waals surface area contributed by atoms with Crippen molar-refractivity contribution in [3.8, 4) is 17.6 Å². The van der Waals surface area contributed by atoms with Gasteiger partial charge in [0.1, 0.15) is 0 Å². The summed E-state index contributed by atoms with van der Waals surface area (Å²) in [6, 6.07) is 12.8. The largest absolute Gasteiger partial charge is 0.493 e. The molecule has 0 bridgehead atoms. The van der Waals surface area contributed by atoms with E-state index in [0.29, 0.717) is 22.1 Å². The smallest absolute Gasteiger partial charge is 0.255 e. The minimum Gasteiger partial charge on any atom is -0.493 e. The Bertz CT molecular complexity index is 858. The van der Waals surface area contributed by atoms with Crippen LogP contribution < -0.4 is 15.2 Å². The van der Waals surface area contributed by atoms with E-state index in [1.165, 1.54) is 7.11 Å². The first-order valence-electron chi connectivity index (χ1n) is 7.11. The number of allylic oxidation sites excluding steroid dienone is 1. The molecule has 0 heterocycles. The summed E-state index contributed by atoms with van der Waals surface area (Å²) in [5, 5.41) is 10.1. The number of amides is 1. The van der Waals surface area contributed by atoms with Gasteiger partial charge in [-0.1, -0.05) is 23.7 Å². The Morgan fingerprint density at radius 3 is 2.60 bits per heavy atom. The molecule has 0 fully saturated rings. The van der Waals surface area contributed by atoms with Crippen LogP contribution >= 0.6 is 34.2 Å². The Morgan fingerprint density at radius 2 is 2.04 bits per heavy atom. The average molecular weight is 469 g/mol. The molecule has 0 saturated heterocycles. The highest BCUT2D eigenvalue weighted by atomic mass is 127. The Kier molecular flexibility index (Phi) is 6.67. The molecule has 0 aliphatic heterocycles. The number of primary amides is 1. The van der Waals surface area contributed by atoms with Crippen LogP contribution in [-0.2, 0) is 4.79 Å². The minimum atomic E-state index is -0.573. The Labute approximate surface area is 164 Å². The molecular formula is C18H14ClIN2O3. The van der Waals surface area contributed by atoms with Crippen LogP contribution in [0.3, 0.4) is 0 Å². The Hall–Kier alpha value is -2.24. The van der Waals surface area contributed by atoms with Crippen molar-refractivity contribution < 1.29 is 14.3 Å². The second-order valence-electron chi connectivity index (χ2n) is 4.97. The standard InChI is InChI=1S/C18H14ClIN2O3/c1-24-16-8-11(7-15(20)18(16)25-10-17(22)23)6-13(9-21)12-2-4-14(19)5-3-12/h2-8H,10H2,1H3,(H2,22,23)/b13-6+. The van der Waals surface area contributed by atoms with Gasteiger partial charge in [-0.15, -0.1) is 0 Å². The number of ether oxygens (including phenoxy) is 2. The predicted octanol–water partition coefficient (Wildman–Crippen LogP) is 3.88. The number of methoxy groups -OCH3 is 1. The molecule has 0 aromatic heterocycles. The summed E-state index contributed by atoms with van der Waals surface area (Å²) in [6.07, 6.45) is 1.74. The maximum atomic E-state index is 10.9. The molecule has 0 saturated carbocycles. The molecule has 128 valence electrons. The number of carbonyl (C=O) groups excluding carboxylic acids is 1. The number of halogens is 2. The van der Waals surface area contributed by atoms with Crippen molar-refractivity contribution in [2.24, 2.45) is 5.73 Å². The number of hydrogen-bond donors (Lipinski definition) is 1. The van der Waals surface area contributed by atoms with Crippen LogP contribution in [0.1, 0.15) is 11.1 Å². The highest BCUT2D eigenvalue weighted by Crippen LogP contribution is 2.35. The van der Waals surface area contributed by atoms with E-state index >= 15 is 0 Å². The number of hydrogen-bond acceptors (Lipinski definition) is 4. The molecule has 1 amide bonds. The van der Waals surface area contributed by atoms with Gasteiger partial charge in [0.15, 0.2) is 18.1 Å². The monoisotopic (exact) mass is 468 g/mol. The maximum absolute atomic E-state index is 10.9. The summed E-state index contributed by atoms with van der Waals surface area (Å²) in [6.45, 7) is -0.240. The van der Waals surface area contributed by atoms with Crippen LogP contribution in [-0.4, -0.2) is 19.6 Å². The third-order valence-corrected chi connectivity index (χ3v) is 4.25. The van der Waals surface area contributed by atoms with Gasteiger partial charge in [-0.25, -0.2) is 0 Å². The summed E-state index contributed by atoms with van der Waals surface area (Å²) in [5.74, 6) is 0.313. The molecule has 2 N–H and O–H groups in total. The molecule has 0 unspecified atom stereocenters. The zero-order chi connectivity index (χ0) is 18.4. The fraction of sp³-hybridized carbons (Fsp3) is 0.111. The highest BCUT2D eigenvalue weighted by molar-refractivity contribution is 14.1. The quantitative estimate of drug-likeness (QED) is 0.396. The zero-order valence-electron chi connectivity index (χ0n) is 13.3. The summed E-state index contributed by atoms with van der Waals surface area (Å²) >= 11 is 7.96. The van der Waals surface area contributed by atoms with E-state index < -0.39 is 5.91 Å². The fourth-order valence-corrected chi connectivity index (χ4v) is 2.99. The van der Waals surface area contributed by atoms with E-state index in [4.69, 9.17) is 26.8 Å². The first-order valence-corrected chi connectivity index (χ1v) is 8.56. The predicted molar refractivity (Wildman–Crippen MR) is 105 cm³/mol. The highest BCUT2D eigenvalue weighted by Gasteiger charge is 2.13. The third kappa shape index (κ3) is 5.11. The van der Waals surface area contributed by atoms with Crippen LogP contribution in [0.2, 0.25) is 5.02 Å². The number of carbonyl (C=O) groups is 1. The van der Waals surface area contributed by atoms with Gasteiger partial charge in [0.25, 0.3) is 5.91 Å². The lowest BCUT2D eigenvalue weighted by molar-refractivity contribution is -0.119. The molecule has 0 atom stereocenters. The number of benzene rings is 2. The minimum absolute atomic E-state index is 0.240. The Balaban J connectivity index is 2.41. The lowest BCUT2D eigenvalue weighted by Gasteiger charge is -2.12. The average Bonchev–Trinajstić information content (AvgIpc) is 2.59. The van der Waals surface area contributed by atoms with Gasteiger partial charge in [0.2, 0.25) is 0 Å². The summed E-state index contributed by atoms with van der Waals surface area (Å²) < 4.78 is 11.5. The van der Waals surface area contributed by atoms with Gasteiger partial charge in [-0.05, 0) is 64.1 Å². The molecule has 0 spiro atoms. The fourth-order valence-electron chi connectivity index (χ4n) is 2.08. The van der Waals surface area contributed by atoms with E-state index in [9.17, 15) is 10.1 Å². The number of rotatable bonds is 6. The molecule has 2 aromatic rings. The molecule has 0 radical (unpaired) electrons. The van der Waals surface area contributed by atoms with Crippen LogP contribution in [0.5, 0.6) is 11.5 Å². The zero-order valence-corrected chi connectivity index (χ0v) is 16.2. The molecular weight excluding hydrogens is 455 g/mol. The third-order valence-electron chi connectivity index (χ3n) is 3.20. The van der Waals surface area contributed by atoms with Crippen molar-refractivity contribution in [2.75, 3.05) is 13.7 Å². The molecule has 5 nitrogen and oxygen atoms in total. The van der Waals surface area contributed by atoms with E-state index in [2.05, 4.69) is 28.7 Å². The molecule has 25 heavy (non-hydrogen) atoms. The maximum Gasteiger partial charge on any atom is 0.255 e. The summed E-state index contributed by atoms with van der Waals surface area (Å²) in [7, 11) is 1.50. The molecule has 2 rings (SSSR count). The van der Waals surface area contributed by atoms with Gasteiger partial charge in [0.05, 0.1) is 22.3 Å². The number of nitriles is 1. The number of nitrogens with two attached hydrogens (primary N) is 1. The van der Waals surface area contributed by atoms with Gasteiger partial charge < -0.3 is 15.2 Å². The second-order valence-corrected chi connectivity index (χ2v) is 6.56. The van der Waals surface area contributed by atoms with Crippen LogP contribution in [0.15, 0.2) is 36.4 Å². The summed E-state index contributed by atoms with van der Waals surface area (Å²) in [4.78, 5) is 10.9. The first-order chi connectivity index (χ1) is 11.9. The topological polar surface area (TPSA) is 85.3 Å². The van der Waals surface area contributed by atoms with Gasteiger partial charge in [0, 0.05) is 5.02 Å². The van der Waals surface area contributed by atoms with Crippen LogP contribution in [0, 0.1) is 14.9 Å². The van der Waals surface area contributed by atoms with Crippen molar-refractivity contribution >= 4 is 51.7 Å².